The third-order valence-electron chi connectivity index (χ3n) is 8.12. The fourth-order valence-electron chi connectivity index (χ4n) is 5.42. The second-order valence-electron chi connectivity index (χ2n) is 11.9. The highest BCUT2D eigenvalue weighted by Gasteiger charge is 2.19. The summed E-state index contributed by atoms with van der Waals surface area (Å²) in [6, 6.07) is -0.526. The van der Waals surface area contributed by atoms with Gasteiger partial charge in [-0.15, -0.1) is 0 Å². The Morgan fingerprint density at radius 2 is 0.842 bits per heavy atom. The molecule has 0 aliphatic carbocycles. The number of amides is 1. The fraction of sp³-hybridized carbons (Fsp3) is 0.971. The van der Waals surface area contributed by atoms with E-state index in [1.807, 2.05) is 0 Å². The summed E-state index contributed by atoms with van der Waals surface area (Å²) < 4.78 is 0. The fourth-order valence-corrected chi connectivity index (χ4v) is 5.42. The van der Waals surface area contributed by atoms with Crippen molar-refractivity contribution < 1.29 is 15.0 Å². The minimum absolute atomic E-state index is 0.0314. The quantitative estimate of drug-likeness (QED) is 0.0768. The summed E-state index contributed by atoms with van der Waals surface area (Å²) in [6.07, 6.45) is 34.4. The van der Waals surface area contributed by atoms with E-state index in [1.54, 1.807) is 0 Å². The number of hydrogen-bond donors (Lipinski definition) is 3. The summed E-state index contributed by atoms with van der Waals surface area (Å²) >= 11 is 0. The zero-order valence-electron chi connectivity index (χ0n) is 26.0. The number of carbonyl (C=O) groups excluding carboxylic acids is 1. The van der Waals surface area contributed by atoms with Crippen LogP contribution in [0.25, 0.3) is 0 Å². The highest BCUT2D eigenvalue weighted by molar-refractivity contribution is 5.76. The maximum absolute atomic E-state index is 12.3. The predicted molar refractivity (Wildman–Crippen MR) is 166 cm³/mol. The minimum atomic E-state index is -0.649. The first-order valence-electron chi connectivity index (χ1n) is 17.2. The third-order valence-corrected chi connectivity index (χ3v) is 8.12. The Hall–Kier alpha value is -0.610. The van der Waals surface area contributed by atoms with Crippen molar-refractivity contribution in [2.45, 2.75) is 206 Å². The molecule has 2 atom stereocenters. The lowest BCUT2D eigenvalue weighted by Gasteiger charge is -2.22. The zero-order chi connectivity index (χ0) is 27.9. The molecule has 228 valence electrons. The Labute approximate surface area is 238 Å². The molecule has 4 heteroatoms. The van der Waals surface area contributed by atoms with Gasteiger partial charge in [0.2, 0.25) is 5.91 Å². The number of rotatable bonds is 31. The summed E-state index contributed by atoms with van der Waals surface area (Å²) in [6.45, 7) is 4.34. The molecule has 0 aromatic heterocycles. The molecule has 0 fully saturated rings. The molecule has 3 N–H and O–H groups in total. The van der Waals surface area contributed by atoms with Crippen molar-refractivity contribution >= 4 is 5.91 Å². The molecule has 0 unspecified atom stereocenters. The SMILES string of the molecule is CCCCCCCCCCCCCCCCCCCC(=O)N[C@@H](CO)[C@H](O)CCCCCCCCCCC. The van der Waals surface area contributed by atoms with Crippen molar-refractivity contribution in [2.75, 3.05) is 6.61 Å². The van der Waals surface area contributed by atoms with Crippen molar-refractivity contribution in [3.8, 4) is 0 Å². The Kier molecular flexibility index (Phi) is 30.4. The van der Waals surface area contributed by atoms with Crippen molar-refractivity contribution in [2.24, 2.45) is 0 Å². The molecule has 0 rings (SSSR count). The Balaban J connectivity index is 3.50. The lowest BCUT2D eigenvalue weighted by Crippen LogP contribution is -2.45. The van der Waals surface area contributed by atoms with E-state index in [4.69, 9.17) is 0 Å². The van der Waals surface area contributed by atoms with Gasteiger partial charge in [-0.1, -0.05) is 174 Å². The second kappa shape index (κ2) is 30.9. The van der Waals surface area contributed by atoms with Crippen molar-refractivity contribution in [3.63, 3.8) is 0 Å². The Morgan fingerprint density at radius 3 is 1.18 bits per heavy atom. The third kappa shape index (κ3) is 27.0. The van der Waals surface area contributed by atoms with E-state index in [1.165, 1.54) is 141 Å². The molecule has 0 spiro atoms. The summed E-state index contributed by atoms with van der Waals surface area (Å²) in [5, 5.41) is 22.9. The van der Waals surface area contributed by atoms with Crippen LogP contribution in [0.2, 0.25) is 0 Å². The first kappa shape index (κ1) is 37.4. The van der Waals surface area contributed by atoms with Crippen LogP contribution in [-0.2, 0) is 4.79 Å². The summed E-state index contributed by atoms with van der Waals surface area (Å²) in [7, 11) is 0. The average Bonchev–Trinajstić information content (AvgIpc) is 2.92. The number of aliphatic hydroxyl groups excluding tert-OH is 2. The molecule has 0 aliphatic rings. The Morgan fingerprint density at radius 1 is 0.526 bits per heavy atom. The molecule has 0 heterocycles. The van der Waals surface area contributed by atoms with Gasteiger partial charge in [0.1, 0.15) is 0 Å². The van der Waals surface area contributed by atoms with Crippen molar-refractivity contribution in [1.29, 1.82) is 0 Å². The van der Waals surface area contributed by atoms with Gasteiger partial charge in [0, 0.05) is 6.42 Å². The van der Waals surface area contributed by atoms with Gasteiger partial charge in [0.15, 0.2) is 0 Å². The monoisotopic (exact) mass is 540 g/mol. The second-order valence-corrected chi connectivity index (χ2v) is 11.9. The molecular formula is C34H69NO3. The average molecular weight is 540 g/mol. The van der Waals surface area contributed by atoms with Crippen LogP contribution in [0.15, 0.2) is 0 Å². The molecule has 38 heavy (non-hydrogen) atoms. The Bertz CT molecular complexity index is 471. The van der Waals surface area contributed by atoms with E-state index < -0.39 is 12.1 Å². The number of aliphatic hydroxyl groups is 2. The van der Waals surface area contributed by atoms with Gasteiger partial charge in [0.25, 0.3) is 0 Å². The van der Waals surface area contributed by atoms with Gasteiger partial charge < -0.3 is 15.5 Å². The summed E-state index contributed by atoms with van der Waals surface area (Å²) in [4.78, 5) is 12.3. The number of nitrogens with one attached hydrogen (secondary N) is 1. The van der Waals surface area contributed by atoms with Crippen molar-refractivity contribution in [1.82, 2.24) is 5.32 Å². The van der Waals surface area contributed by atoms with Crippen LogP contribution in [0.4, 0.5) is 0 Å². The van der Waals surface area contributed by atoms with Crippen LogP contribution < -0.4 is 5.32 Å². The molecule has 0 aromatic carbocycles. The molecule has 0 saturated carbocycles. The maximum Gasteiger partial charge on any atom is 0.220 e. The summed E-state index contributed by atoms with van der Waals surface area (Å²) in [5.74, 6) is -0.0314. The van der Waals surface area contributed by atoms with E-state index in [-0.39, 0.29) is 12.5 Å². The van der Waals surface area contributed by atoms with E-state index >= 15 is 0 Å². The van der Waals surface area contributed by atoms with E-state index in [0.29, 0.717) is 12.8 Å². The molecule has 0 saturated heterocycles. The number of carbonyl (C=O) groups is 1. The smallest absolute Gasteiger partial charge is 0.220 e. The van der Waals surface area contributed by atoms with Gasteiger partial charge in [-0.25, -0.2) is 0 Å². The van der Waals surface area contributed by atoms with Crippen LogP contribution in [0.5, 0.6) is 0 Å². The first-order chi connectivity index (χ1) is 18.7. The molecule has 1 amide bonds. The molecule has 4 nitrogen and oxygen atoms in total. The van der Waals surface area contributed by atoms with E-state index in [9.17, 15) is 15.0 Å². The van der Waals surface area contributed by atoms with Crippen LogP contribution in [-0.4, -0.2) is 34.9 Å². The zero-order valence-corrected chi connectivity index (χ0v) is 26.0. The van der Waals surface area contributed by atoms with Gasteiger partial charge >= 0.3 is 0 Å². The standard InChI is InChI=1S/C34H69NO3/c1-3-5-7-9-11-13-14-15-16-17-18-19-20-22-24-26-28-30-34(38)35-32(31-36)33(37)29-27-25-23-21-12-10-8-6-4-2/h32-33,36-37H,3-31H2,1-2H3,(H,35,38)/t32-,33+/m0/s1. The van der Waals surface area contributed by atoms with Gasteiger partial charge in [-0.2, -0.15) is 0 Å². The predicted octanol–water partition coefficient (Wildman–Crippen LogP) is 9.79. The van der Waals surface area contributed by atoms with Gasteiger partial charge in [-0.05, 0) is 12.8 Å². The highest BCUT2D eigenvalue weighted by atomic mass is 16.3. The number of hydrogen-bond acceptors (Lipinski definition) is 3. The topological polar surface area (TPSA) is 69.6 Å². The van der Waals surface area contributed by atoms with Crippen LogP contribution in [0, 0.1) is 0 Å². The molecule has 0 radical (unpaired) electrons. The van der Waals surface area contributed by atoms with Crippen LogP contribution in [0.3, 0.4) is 0 Å². The molecule has 0 aromatic rings. The van der Waals surface area contributed by atoms with Crippen LogP contribution >= 0.6 is 0 Å². The lowest BCUT2D eigenvalue weighted by molar-refractivity contribution is -0.123. The van der Waals surface area contributed by atoms with E-state index in [0.717, 1.165) is 25.7 Å². The lowest BCUT2D eigenvalue weighted by atomic mass is 10.0. The highest BCUT2D eigenvalue weighted by Crippen LogP contribution is 2.15. The molecule has 0 aliphatic heterocycles. The molecule has 0 bridgehead atoms. The van der Waals surface area contributed by atoms with Gasteiger partial charge in [0.05, 0.1) is 18.8 Å². The van der Waals surface area contributed by atoms with E-state index in [2.05, 4.69) is 19.2 Å². The van der Waals surface area contributed by atoms with Crippen LogP contribution in [0.1, 0.15) is 194 Å². The largest absolute Gasteiger partial charge is 0.394 e. The first-order valence-corrected chi connectivity index (χ1v) is 17.2. The minimum Gasteiger partial charge on any atom is -0.394 e. The summed E-state index contributed by atoms with van der Waals surface area (Å²) in [5.41, 5.74) is 0. The van der Waals surface area contributed by atoms with Gasteiger partial charge in [-0.3, -0.25) is 4.79 Å². The molecular weight excluding hydrogens is 470 g/mol. The van der Waals surface area contributed by atoms with Crippen molar-refractivity contribution in [3.05, 3.63) is 0 Å². The maximum atomic E-state index is 12.3. The number of unbranched alkanes of at least 4 members (excludes halogenated alkanes) is 24. The normalized spacial score (nSPS) is 13.1.